The first kappa shape index (κ1) is 22.8. The van der Waals surface area contributed by atoms with Crippen molar-refractivity contribution in [3.63, 3.8) is 0 Å². The van der Waals surface area contributed by atoms with Gasteiger partial charge in [0.1, 0.15) is 10.4 Å². The summed E-state index contributed by atoms with van der Waals surface area (Å²) >= 11 is 7.51. The average Bonchev–Trinajstić information content (AvgIpc) is 3.26. The minimum Gasteiger partial charge on any atom is -0.342 e. The summed E-state index contributed by atoms with van der Waals surface area (Å²) in [7, 11) is 0. The van der Waals surface area contributed by atoms with E-state index in [4.69, 9.17) is 11.6 Å². The second-order valence-corrected chi connectivity index (χ2v) is 9.28. The van der Waals surface area contributed by atoms with Crippen LogP contribution in [0.25, 0.3) is 10.1 Å². The highest BCUT2D eigenvalue weighted by atomic mass is 35.5. The third-order valence-corrected chi connectivity index (χ3v) is 7.08. The lowest BCUT2D eigenvalue weighted by atomic mass is 9.93. The van der Waals surface area contributed by atoms with Crippen molar-refractivity contribution in [1.82, 2.24) is 21.1 Å². The van der Waals surface area contributed by atoms with E-state index >= 15 is 0 Å². The fraction of sp³-hybridized carbons (Fsp3) is 0.217. The molecule has 1 atom stereocenters. The number of aryl methyl sites for hydroxylation is 1. The maximum absolute atomic E-state index is 12.8. The lowest BCUT2D eigenvalue weighted by molar-refractivity contribution is -0.138. The summed E-state index contributed by atoms with van der Waals surface area (Å²) in [4.78, 5) is 50.3. The van der Waals surface area contributed by atoms with Gasteiger partial charge in [-0.05, 0) is 31.4 Å². The molecular formula is C23H21ClN4O4S. The highest BCUT2D eigenvalue weighted by Gasteiger charge is 2.48. The molecule has 33 heavy (non-hydrogen) atoms. The second-order valence-electron chi connectivity index (χ2n) is 7.85. The van der Waals surface area contributed by atoms with Gasteiger partial charge in [-0.1, -0.05) is 60.1 Å². The van der Waals surface area contributed by atoms with E-state index in [0.29, 0.717) is 22.9 Å². The number of nitrogens with zero attached hydrogens (tertiary/aromatic N) is 1. The van der Waals surface area contributed by atoms with Crippen LogP contribution in [0.4, 0.5) is 4.79 Å². The quantitative estimate of drug-likeness (QED) is 0.447. The number of carbonyl (C=O) groups is 4. The number of carbonyl (C=O) groups excluding carboxylic acids is 4. The van der Waals surface area contributed by atoms with E-state index in [0.717, 1.165) is 15.6 Å². The van der Waals surface area contributed by atoms with Gasteiger partial charge in [0.15, 0.2) is 0 Å². The van der Waals surface area contributed by atoms with Crippen LogP contribution in [-0.2, 0) is 16.0 Å². The Morgan fingerprint density at radius 3 is 2.52 bits per heavy atom. The van der Waals surface area contributed by atoms with Crippen molar-refractivity contribution in [2.45, 2.75) is 25.3 Å². The molecule has 1 aliphatic rings. The van der Waals surface area contributed by atoms with Crippen LogP contribution in [0.5, 0.6) is 0 Å². The van der Waals surface area contributed by atoms with E-state index in [1.54, 1.807) is 6.92 Å². The number of rotatable bonds is 7. The van der Waals surface area contributed by atoms with Gasteiger partial charge in [-0.15, -0.1) is 11.3 Å². The number of hydrogen-bond donors (Lipinski definition) is 3. The summed E-state index contributed by atoms with van der Waals surface area (Å²) in [5.41, 5.74) is 2.16. The lowest BCUT2D eigenvalue weighted by Gasteiger charge is -2.21. The van der Waals surface area contributed by atoms with Gasteiger partial charge in [-0.25, -0.2) is 4.79 Å². The fourth-order valence-corrected chi connectivity index (χ4v) is 4.99. The van der Waals surface area contributed by atoms with Crippen LogP contribution >= 0.6 is 22.9 Å². The van der Waals surface area contributed by atoms with Crippen LogP contribution in [-0.4, -0.2) is 40.8 Å². The van der Waals surface area contributed by atoms with Crippen LogP contribution in [0.15, 0.2) is 54.6 Å². The molecule has 5 amide bonds. The van der Waals surface area contributed by atoms with Crippen molar-refractivity contribution in [2.24, 2.45) is 0 Å². The monoisotopic (exact) mass is 484 g/mol. The summed E-state index contributed by atoms with van der Waals surface area (Å²) in [5.74, 6) is -1.78. The summed E-state index contributed by atoms with van der Waals surface area (Å²) in [5, 5.41) is 6.85. The second kappa shape index (κ2) is 9.21. The van der Waals surface area contributed by atoms with Gasteiger partial charge in [0.2, 0.25) is 0 Å². The molecule has 1 saturated heterocycles. The smallest absolute Gasteiger partial charge is 0.342 e. The minimum atomic E-state index is -1.14. The molecule has 1 aromatic heterocycles. The summed E-state index contributed by atoms with van der Waals surface area (Å²) in [6.45, 7) is 1.19. The molecule has 0 spiro atoms. The molecule has 0 unspecified atom stereocenters. The van der Waals surface area contributed by atoms with Gasteiger partial charge >= 0.3 is 6.03 Å². The Bertz CT molecular complexity index is 1250. The molecule has 1 aliphatic heterocycles. The van der Waals surface area contributed by atoms with Gasteiger partial charge < -0.3 is 10.6 Å². The molecule has 2 aromatic carbocycles. The maximum Gasteiger partial charge on any atom is 0.344 e. The van der Waals surface area contributed by atoms with Gasteiger partial charge in [-0.3, -0.25) is 19.8 Å². The SMILES string of the molecule is C[C@@]1(CCc2ccccc2)NC(=O)N(NC(=O)CNC(=O)c2sc3ccccc3c2Cl)C1=O. The van der Waals surface area contributed by atoms with Crippen molar-refractivity contribution < 1.29 is 19.2 Å². The van der Waals surface area contributed by atoms with Crippen molar-refractivity contribution >= 4 is 56.8 Å². The topological polar surface area (TPSA) is 108 Å². The zero-order chi connectivity index (χ0) is 23.6. The first-order valence-electron chi connectivity index (χ1n) is 10.2. The Morgan fingerprint density at radius 2 is 1.79 bits per heavy atom. The molecule has 2 heterocycles. The Hall–Kier alpha value is -3.43. The zero-order valence-corrected chi connectivity index (χ0v) is 19.3. The number of imide groups is 1. The Morgan fingerprint density at radius 1 is 1.09 bits per heavy atom. The predicted molar refractivity (Wildman–Crippen MR) is 126 cm³/mol. The molecule has 0 saturated carbocycles. The molecule has 0 radical (unpaired) electrons. The Labute approximate surface area is 198 Å². The number of fused-ring (bicyclic) bond motifs is 1. The highest BCUT2D eigenvalue weighted by Crippen LogP contribution is 2.34. The summed E-state index contributed by atoms with van der Waals surface area (Å²) in [6, 6.07) is 16.2. The first-order chi connectivity index (χ1) is 15.8. The lowest BCUT2D eigenvalue weighted by Crippen LogP contribution is -2.51. The van der Waals surface area contributed by atoms with E-state index in [1.807, 2.05) is 54.6 Å². The Kier molecular flexibility index (Phi) is 6.35. The van der Waals surface area contributed by atoms with Crippen LogP contribution in [0, 0.1) is 0 Å². The van der Waals surface area contributed by atoms with Crippen LogP contribution < -0.4 is 16.1 Å². The zero-order valence-electron chi connectivity index (χ0n) is 17.7. The van der Waals surface area contributed by atoms with Gasteiger partial charge in [-0.2, -0.15) is 5.01 Å². The predicted octanol–water partition coefficient (Wildman–Crippen LogP) is 3.26. The number of urea groups is 1. The highest BCUT2D eigenvalue weighted by molar-refractivity contribution is 7.21. The average molecular weight is 485 g/mol. The molecular weight excluding hydrogens is 464 g/mol. The summed E-state index contributed by atoms with van der Waals surface area (Å²) < 4.78 is 0.853. The third kappa shape index (κ3) is 4.69. The number of amides is 5. The largest absolute Gasteiger partial charge is 0.344 e. The van der Waals surface area contributed by atoms with E-state index in [1.165, 1.54) is 11.3 Å². The number of benzene rings is 2. The molecule has 4 rings (SSSR count). The number of hydrazine groups is 1. The molecule has 0 bridgehead atoms. The third-order valence-electron chi connectivity index (χ3n) is 5.40. The molecule has 8 nitrogen and oxygen atoms in total. The van der Waals surface area contributed by atoms with Crippen molar-refractivity contribution in [1.29, 1.82) is 0 Å². The summed E-state index contributed by atoms with van der Waals surface area (Å²) in [6.07, 6.45) is 0.951. The van der Waals surface area contributed by atoms with Gasteiger partial charge in [0, 0.05) is 10.1 Å². The van der Waals surface area contributed by atoms with Crippen LogP contribution in [0.1, 0.15) is 28.6 Å². The molecule has 170 valence electrons. The number of halogens is 1. The van der Waals surface area contributed by atoms with Crippen molar-refractivity contribution in [3.8, 4) is 0 Å². The molecule has 3 aromatic rings. The minimum absolute atomic E-state index is 0.286. The molecule has 1 fully saturated rings. The number of nitrogens with one attached hydrogen (secondary N) is 3. The molecule has 10 heteroatoms. The van der Waals surface area contributed by atoms with E-state index in [9.17, 15) is 19.2 Å². The number of thiophene rings is 1. The Balaban J connectivity index is 1.34. The van der Waals surface area contributed by atoms with Crippen LogP contribution in [0.2, 0.25) is 5.02 Å². The number of hydrogen-bond acceptors (Lipinski definition) is 5. The van der Waals surface area contributed by atoms with Crippen LogP contribution in [0.3, 0.4) is 0 Å². The van der Waals surface area contributed by atoms with Crippen molar-refractivity contribution in [2.75, 3.05) is 6.54 Å². The maximum atomic E-state index is 12.8. The first-order valence-corrected chi connectivity index (χ1v) is 11.4. The fourth-order valence-electron chi connectivity index (χ4n) is 3.56. The molecule has 3 N–H and O–H groups in total. The van der Waals surface area contributed by atoms with Gasteiger partial charge in [0.25, 0.3) is 17.7 Å². The standard InChI is InChI=1S/C23H21ClN4O4S/c1-23(12-11-14-7-3-2-4-8-14)21(31)28(22(32)26-23)27-17(29)13-25-20(30)19-18(24)15-9-5-6-10-16(15)33-19/h2-10H,11-13H2,1H3,(H,25,30)(H,26,32)(H,27,29)/t23-/m0/s1. The van der Waals surface area contributed by atoms with Crippen molar-refractivity contribution in [3.05, 3.63) is 70.1 Å². The van der Waals surface area contributed by atoms with E-state index in [-0.39, 0.29) is 4.88 Å². The van der Waals surface area contributed by atoms with Gasteiger partial charge in [0.05, 0.1) is 11.6 Å². The van der Waals surface area contributed by atoms with E-state index < -0.39 is 35.8 Å². The normalized spacial score (nSPS) is 17.8. The molecule has 0 aliphatic carbocycles. The van der Waals surface area contributed by atoms with E-state index in [2.05, 4.69) is 16.1 Å².